The van der Waals surface area contributed by atoms with Crippen LogP contribution in [0.1, 0.15) is 27.7 Å². The molecule has 174 valence electrons. The van der Waals surface area contributed by atoms with Crippen LogP contribution in [0.4, 0.5) is 22.0 Å². The van der Waals surface area contributed by atoms with Gasteiger partial charge in [0.25, 0.3) is 0 Å². The number of carbonyl (C=O) groups is 2. The summed E-state index contributed by atoms with van der Waals surface area (Å²) in [6, 6.07) is 13.1. The summed E-state index contributed by atoms with van der Waals surface area (Å²) in [5, 5.41) is 7.12. The van der Waals surface area contributed by atoms with Gasteiger partial charge in [-0.05, 0) is 47.9 Å². The Morgan fingerprint density at radius 3 is 2.15 bits per heavy atom. The molecule has 1 atom stereocenters. The fraction of sp³-hybridized carbons (Fsp3) is 0.136. The average molecular weight is 467 g/mol. The first kappa shape index (κ1) is 25.4. The van der Waals surface area contributed by atoms with Gasteiger partial charge in [-0.2, -0.15) is 13.2 Å². The third kappa shape index (κ3) is 7.35. The number of rotatable bonds is 5. The Morgan fingerprint density at radius 2 is 1.61 bits per heavy atom. The molecule has 0 aliphatic rings. The monoisotopic (exact) mass is 467 g/mol. The van der Waals surface area contributed by atoms with Crippen molar-refractivity contribution in [1.82, 2.24) is 4.98 Å². The number of benzene rings is 2. The fourth-order valence-corrected chi connectivity index (χ4v) is 2.88. The molecule has 2 aromatic carbocycles. The van der Waals surface area contributed by atoms with Crippen LogP contribution in [0.2, 0.25) is 0 Å². The van der Waals surface area contributed by atoms with Gasteiger partial charge in [-0.15, -0.1) is 0 Å². The molecule has 0 radical (unpaired) electrons. The number of aliphatic carboxylic acids is 1. The first-order chi connectivity index (χ1) is 15.4. The summed E-state index contributed by atoms with van der Waals surface area (Å²) in [5.74, 6) is -4.59. The van der Waals surface area contributed by atoms with E-state index in [0.29, 0.717) is 16.8 Å². The molecule has 33 heavy (non-hydrogen) atoms. The zero-order valence-corrected chi connectivity index (χ0v) is 16.8. The van der Waals surface area contributed by atoms with Crippen molar-refractivity contribution < 1.29 is 36.6 Å². The van der Waals surface area contributed by atoms with Crippen molar-refractivity contribution in [3.05, 3.63) is 89.2 Å². The minimum atomic E-state index is -5.08. The van der Waals surface area contributed by atoms with Crippen molar-refractivity contribution >= 4 is 11.9 Å². The molecule has 3 rings (SSSR count). The smallest absolute Gasteiger partial charge is 0.475 e. The van der Waals surface area contributed by atoms with E-state index in [1.54, 1.807) is 30.5 Å². The normalized spacial score (nSPS) is 11.8. The zero-order valence-electron chi connectivity index (χ0n) is 16.8. The molecule has 1 aromatic heterocycles. The van der Waals surface area contributed by atoms with Crippen LogP contribution in [0.3, 0.4) is 0 Å². The van der Waals surface area contributed by atoms with Crippen LogP contribution >= 0.6 is 0 Å². The predicted molar refractivity (Wildman–Crippen MR) is 109 cm³/mol. The van der Waals surface area contributed by atoms with Crippen molar-refractivity contribution in [3.63, 3.8) is 0 Å². The average Bonchev–Trinajstić information content (AvgIpc) is 2.73. The van der Waals surface area contributed by atoms with Gasteiger partial charge in [0, 0.05) is 23.4 Å². The minimum absolute atomic E-state index is 0.216. The van der Waals surface area contributed by atoms with Crippen LogP contribution in [-0.2, 0) is 11.2 Å². The molecule has 0 spiro atoms. The van der Waals surface area contributed by atoms with Gasteiger partial charge in [0.2, 0.25) is 5.91 Å². The van der Waals surface area contributed by atoms with E-state index in [-0.39, 0.29) is 6.42 Å². The summed E-state index contributed by atoms with van der Waals surface area (Å²) in [6.07, 6.45) is -3.27. The van der Waals surface area contributed by atoms with E-state index in [1.807, 2.05) is 12.1 Å². The number of nitrogens with two attached hydrogens (primary N) is 2. The number of alkyl halides is 3. The third-order valence-corrected chi connectivity index (χ3v) is 4.27. The Labute approximate surface area is 184 Å². The van der Waals surface area contributed by atoms with Crippen molar-refractivity contribution in [1.29, 1.82) is 0 Å². The van der Waals surface area contributed by atoms with Crippen molar-refractivity contribution in [3.8, 4) is 11.1 Å². The number of hydrogen-bond acceptors (Lipinski definition) is 4. The number of carbonyl (C=O) groups excluding carboxylic acids is 1. The Balaban J connectivity index is 0.000000479. The minimum Gasteiger partial charge on any atom is -0.475 e. The first-order valence-corrected chi connectivity index (χ1v) is 9.24. The number of amides is 1. The molecular weight excluding hydrogens is 449 g/mol. The largest absolute Gasteiger partial charge is 0.490 e. The lowest BCUT2D eigenvalue weighted by atomic mass is 9.95. The molecule has 0 aliphatic carbocycles. The maximum absolute atomic E-state index is 13.4. The molecule has 0 bridgehead atoms. The van der Waals surface area contributed by atoms with E-state index < -0.39 is 35.7 Å². The van der Waals surface area contributed by atoms with Gasteiger partial charge >= 0.3 is 12.1 Å². The maximum atomic E-state index is 13.4. The van der Waals surface area contributed by atoms with Gasteiger partial charge in [-0.25, -0.2) is 13.6 Å². The summed E-state index contributed by atoms with van der Waals surface area (Å²) in [4.78, 5) is 24.7. The molecule has 0 saturated carbocycles. The van der Waals surface area contributed by atoms with E-state index >= 15 is 0 Å². The predicted octanol–water partition coefficient (Wildman–Crippen LogP) is 4.00. The summed E-state index contributed by atoms with van der Waals surface area (Å²) in [6.45, 7) is 0. The van der Waals surface area contributed by atoms with Crippen LogP contribution < -0.4 is 11.5 Å². The Morgan fingerprint density at radius 1 is 1.00 bits per heavy atom. The number of carboxylic acids is 1. The molecule has 0 saturated heterocycles. The summed E-state index contributed by atoms with van der Waals surface area (Å²) >= 11 is 0. The first-order valence-electron chi connectivity index (χ1n) is 9.24. The van der Waals surface area contributed by atoms with E-state index in [0.717, 1.165) is 17.2 Å². The standard InChI is InChI=1S/C20H17F2N3O.C2HF3O2/c21-15-7-12(8-16(22)11-15)9-18(23)19-17(5-2-6-25-19)13-3-1-4-14(10-13)20(24)26;3-2(4,5)1(6)7/h1-8,10-11,18H,9,23H2,(H2,24,26);(H,6,7)/t18-;/m0./s1. The van der Waals surface area contributed by atoms with Crippen LogP contribution in [0, 0.1) is 11.6 Å². The quantitative estimate of drug-likeness (QED) is 0.490. The fourth-order valence-electron chi connectivity index (χ4n) is 2.88. The molecular formula is C22H18F5N3O3. The number of primary amides is 1. The molecule has 0 fully saturated rings. The van der Waals surface area contributed by atoms with Gasteiger partial charge in [0.15, 0.2) is 0 Å². The Hall–Kier alpha value is -3.86. The molecule has 5 N–H and O–H groups in total. The van der Waals surface area contributed by atoms with Crippen molar-refractivity contribution in [2.75, 3.05) is 0 Å². The molecule has 0 aliphatic heterocycles. The molecule has 6 nitrogen and oxygen atoms in total. The Bertz CT molecular complexity index is 1130. The number of aromatic nitrogens is 1. The highest BCUT2D eigenvalue weighted by Crippen LogP contribution is 2.28. The molecule has 3 aromatic rings. The van der Waals surface area contributed by atoms with E-state index in [4.69, 9.17) is 21.4 Å². The summed E-state index contributed by atoms with van der Waals surface area (Å²) < 4.78 is 58.5. The van der Waals surface area contributed by atoms with Crippen LogP contribution in [0.5, 0.6) is 0 Å². The number of nitrogens with zero attached hydrogens (tertiary/aromatic N) is 1. The summed E-state index contributed by atoms with van der Waals surface area (Å²) in [7, 11) is 0. The van der Waals surface area contributed by atoms with Crippen LogP contribution in [0.15, 0.2) is 60.8 Å². The highest BCUT2D eigenvalue weighted by atomic mass is 19.4. The number of pyridine rings is 1. The van der Waals surface area contributed by atoms with E-state index in [9.17, 15) is 26.7 Å². The lowest BCUT2D eigenvalue weighted by Crippen LogP contribution is -2.21. The van der Waals surface area contributed by atoms with Crippen molar-refractivity contribution in [2.24, 2.45) is 11.5 Å². The summed E-state index contributed by atoms with van der Waals surface area (Å²) in [5.41, 5.74) is 14.5. The van der Waals surface area contributed by atoms with Gasteiger partial charge in [-0.3, -0.25) is 9.78 Å². The Kier molecular flexibility index (Phi) is 8.19. The highest BCUT2D eigenvalue weighted by Gasteiger charge is 2.38. The van der Waals surface area contributed by atoms with E-state index in [2.05, 4.69) is 4.98 Å². The van der Waals surface area contributed by atoms with Gasteiger partial charge < -0.3 is 16.6 Å². The van der Waals surface area contributed by atoms with Gasteiger partial charge in [0.1, 0.15) is 11.6 Å². The van der Waals surface area contributed by atoms with Crippen LogP contribution in [-0.4, -0.2) is 28.1 Å². The second kappa shape index (κ2) is 10.6. The number of carboxylic acid groups (broad SMARTS) is 1. The molecule has 1 amide bonds. The third-order valence-electron chi connectivity index (χ3n) is 4.27. The zero-order chi connectivity index (χ0) is 24.8. The number of hydrogen-bond donors (Lipinski definition) is 3. The highest BCUT2D eigenvalue weighted by molar-refractivity contribution is 5.94. The topological polar surface area (TPSA) is 119 Å². The van der Waals surface area contributed by atoms with Crippen LogP contribution in [0.25, 0.3) is 11.1 Å². The molecule has 0 unspecified atom stereocenters. The second-order valence-electron chi connectivity index (χ2n) is 6.77. The SMILES string of the molecule is NC(=O)c1cccc(-c2cccnc2[C@@H](N)Cc2cc(F)cc(F)c2)c1.O=C(O)C(F)(F)F. The molecule has 11 heteroatoms. The van der Waals surface area contributed by atoms with Gasteiger partial charge in [0.05, 0.1) is 11.7 Å². The second-order valence-corrected chi connectivity index (χ2v) is 6.77. The lowest BCUT2D eigenvalue weighted by Gasteiger charge is -2.16. The van der Waals surface area contributed by atoms with E-state index in [1.165, 1.54) is 12.1 Å². The molecule has 1 heterocycles. The number of halogens is 5. The maximum Gasteiger partial charge on any atom is 0.490 e. The lowest BCUT2D eigenvalue weighted by molar-refractivity contribution is -0.192. The van der Waals surface area contributed by atoms with Gasteiger partial charge in [-0.1, -0.05) is 18.2 Å². The van der Waals surface area contributed by atoms with Crippen molar-refractivity contribution in [2.45, 2.75) is 18.6 Å².